The molecular weight excluding hydrogens is 263 g/mol. The molecule has 0 aliphatic carbocycles. The minimum absolute atomic E-state index is 0.160. The Morgan fingerprint density at radius 2 is 1.89 bits per heavy atom. The maximum absolute atomic E-state index is 11.9. The Morgan fingerprint density at radius 3 is 2.42 bits per heavy atom. The molecule has 0 radical (unpaired) electrons. The van der Waals surface area contributed by atoms with Crippen LogP contribution in [0.4, 0.5) is 13.2 Å². The molecule has 7 heteroatoms. The number of amides is 1. The first-order chi connectivity index (χ1) is 8.92. The molecular formula is C12H14F3NO3. The van der Waals surface area contributed by atoms with E-state index < -0.39 is 18.7 Å². The Hall–Kier alpha value is -1.60. The van der Waals surface area contributed by atoms with Gasteiger partial charge in [0.15, 0.2) is 0 Å². The fraction of sp³-hybridized carbons (Fsp3) is 0.417. The number of rotatable bonds is 6. The Morgan fingerprint density at radius 1 is 1.26 bits per heavy atom. The molecule has 0 atom stereocenters. The highest BCUT2D eigenvalue weighted by atomic mass is 19.4. The number of benzene rings is 1. The van der Waals surface area contributed by atoms with Crippen molar-refractivity contribution in [3.05, 3.63) is 35.4 Å². The van der Waals surface area contributed by atoms with E-state index in [1.807, 2.05) is 0 Å². The number of halogens is 3. The second kappa shape index (κ2) is 7.10. The zero-order chi connectivity index (χ0) is 14.3. The van der Waals surface area contributed by atoms with Gasteiger partial charge in [0.25, 0.3) is 5.91 Å². The molecule has 0 saturated heterocycles. The van der Waals surface area contributed by atoms with E-state index in [0.29, 0.717) is 17.7 Å². The Kier molecular flexibility index (Phi) is 5.78. The summed E-state index contributed by atoms with van der Waals surface area (Å²) >= 11 is 0. The first kappa shape index (κ1) is 15.5. The van der Waals surface area contributed by atoms with Crippen molar-refractivity contribution in [2.45, 2.75) is 19.7 Å². The maximum atomic E-state index is 11.9. The van der Waals surface area contributed by atoms with Gasteiger partial charge in [0, 0.05) is 5.56 Å². The van der Waals surface area contributed by atoms with Gasteiger partial charge >= 0.3 is 6.18 Å². The molecule has 106 valence electrons. The number of carbonyl (C=O) groups excluding carboxylic acids is 1. The summed E-state index contributed by atoms with van der Waals surface area (Å²) in [7, 11) is 0. The lowest BCUT2D eigenvalue weighted by atomic mass is 10.1. The van der Waals surface area contributed by atoms with Crippen LogP contribution in [0.3, 0.4) is 0 Å². The fourth-order valence-electron chi connectivity index (χ4n) is 1.23. The van der Waals surface area contributed by atoms with E-state index in [4.69, 9.17) is 4.84 Å². The number of alkyl halides is 3. The van der Waals surface area contributed by atoms with Gasteiger partial charge in [-0.15, -0.1) is 0 Å². The van der Waals surface area contributed by atoms with Crippen molar-refractivity contribution >= 4 is 5.91 Å². The molecule has 0 aliphatic rings. The van der Waals surface area contributed by atoms with Crippen molar-refractivity contribution in [2.75, 3.05) is 13.2 Å². The van der Waals surface area contributed by atoms with Crippen LogP contribution in [0.25, 0.3) is 0 Å². The summed E-state index contributed by atoms with van der Waals surface area (Å²) in [5, 5.41) is 0. The molecule has 1 aromatic carbocycles. The Labute approximate surface area is 108 Å². The lowest BCUT2D eigenvalue weighted by Gasteiger charge is -2.08. The standard InChI is InChI=1S/C12H14F3NO3/c1-2-19-16-11(17)10-5-3-9(4-6-10)7-18-8-12(13,14)15/h3-6H,2,7-8H2,1H3,(H,16,17). The summed E-state index contributed by atoms with van der Waals surface area (Å²) in [6.45, 7) is 0.614. The van der Waals surface area contributed by atoms with E-state index in [2.05, 4.69) is 10.2 Å². The average molecular weight is 277 g/mol. The van der Waals surface area contributed by atoms with Crippen LogP contribution in [0, 0.1) is 0 Å². The van der Waals surface area contributed by atoms with E-state index in [-0.39, 0.29) is 6.61 Å². The topological polar surface area (TPSA) is 47.6 Å². The van der Waals surface area contributed by atoms with Gasteiger partial charge in [-0.3, -0.25) is 9.63 Å². The Bertz CT molecular complexity index is 404. The summed E-state index contributed by atoms with van der Waals surface area (Å²) in [5.74, 6) is -0.412. The summed E-state index contributed by atoms with van der Waals surface area (Å²) in [6, 6.07) is 6.02. The average Bonchev–Trinajstić information content (AvgIpc) is 2.35. The second-order valence-corrected chi connectivity index (χ2v) is 3.67. The highest BCUT2D eigenvalue weighted by molar-refractivity contribution is 5.93. The minimum Gasteiger partial charge on any atom is -0.367 e. The zero-order valence-electron chi connectivity index (χ0n) is 10.3. The van der Waals surface area contributed by atoms with Gasteiger partial charge in [0.1, 0.15) is 6.61 Å². The second-order valence-electron chi connectivity index (χ2n) is 3.67. The number of carbonyl (C=O) groups is 1. The molecule has 4 nitrogen and oxygen atoms in total. The smallest absolute Gasteiger partial charge is 0.367 e. The number of hydroxylamine groups is 1. The SMILES string of the molecule is CCONC(=O)c1ccc(COCC(F)(F)F)cc1. The highest BCUT2D eigenvalue weighted by Crippen LogP contribution is 2.15. The van der Waals surface area contributed by atoms with Gasteiger partial charge in [0.05, 0.1) is 13.2 Å². The Balaban J connectivity index is 2.45. The number of ether oxygens (including phenoxy) is 1. The largest absolute Gasteiger partial charge is 0.411 e. The monoisotopic (exact) mass is 277 g/mol. The summed E-state index contributed by atoms with van der Waals surface area (Å²) < 4.78 is 40.1. The van der Waals surface area contributed by atoms with Crippen LogP contribution in [0.2, 0.25) is 0 Å². The van der Waals surface area contributed by atoms with Crippen molar-refractivity contribution in [2.24, 2.45) is 0 Å². The van der Waals surface area contributed by atoms with Crippen LogP contribution < -0.4 is 5.48 Å². The molecule has 0 unspecified atom stereocenters. The maximum Gasteiger partial charge on any atom is 0.411 e. The quantitative estimate of drug-likeness (QED) is 0.812. The minimum atomic E-state index is -4.34. The van der Waals surface area contributed by atoms with Crippen LogP contribution in [0.5, 0.6) is 0 Å². The molecule has 1 amide bonds. The van der Waals surface area contributed by atoms with E-state index in [0.717, 1.165) is 0 Å². The van der Waals surface area contributed by atoms with Gasteiger partial charge in [-0.1, -0.05) is 12.1 Å². The van der Waals surface area contributed by atoms with E-state index in [1.165, 1.54) is 24.3 Å². The van der Waals surface area contributed by atoms with Gasteiger partial charge in [-0.05, 0) is 24.6 Å². The first-order valence-corrected chi connectivity index (χ1v) is 5.58. The molecule has 0 bridgehead atoms. The van der Waals surface area contributed by atoms with Gasteiger partial charge in [0.2, 0.25) is 0 Å². The van der Waals surface area contributed by atoms with Crippen molar-refractivity contribution in [3.63, 3.8) is 0 Å². The molecule has 0 heterocycles. The van der Waals surface area contributed by atoms with E-state index in [1.54, 1.807) is 6.92 Å². The van der Waals surface area contributed by atoms with Crippen molar-refractivity contribution in [3.8, 4) is 0 Å². The van der Waals surface area contributed by atoms with E-state index in [9.17, 15) is 18.0 Å². The van der Waals surface area contributed by atoms with Crippen LogP contribution in [-0.2, 0) is 16.2 Å². The van der Waals surface area contributed by atoms with Crippen LogP contribution in [0.1, 0.15) is 22.8 Å². The third-order valence-corrected chi connectivity index (χ3v) is 2.06. The fourth-order valence-corrected chi connectivity index (χ4v) is 1.23. The molecule has 1 rings (SSSR count). The number of hydrogen-bond donors (Lipinski definition) is 1. The summed E-state index contributed by atoms with van der Waals surface area (Å²) in [5.41, 5.74) is 3.12. The predicted molar refractivity (Wildman–Crippen MR) is 61.2 cm³/mol. The molecule has 0 fully saturated rings. The van der Waals surface area contributed by atoms with Crippen molar-refractivity contribution < 1.29 is 27.5 Å². The predicted octanol–water partition coefficient (Wildman–Crippen LogP) is 2.45. The lowest BCUT2D eigenvalue weighted by Crippen LogP contribution is -2.23. The zero-order valence-corrected chi connectivity index (χ0v) is 10.3. The molecule has 1 aromatic rings. The van der Waals surface area contributed by atoms with Crippen LogP contribution in [-0.4, -0.2) is 25.3 Å². The third kappa shape index (κ3) is 6.21. The van der Waals surface area contributed by atoms with Gasteiger partial charge < -0.3 is 4.74 Å². The van der Waals surface area contributed by atoms with Crippen molar-refractivity contribution in [1.29, 1.82) is 0 Å². The summed E-state index contributed by atoms with van der Waals surface area (Å²) in [6.07, 6.45) is -4.34. The van der Waals surface area contributed by atoms with Crippen LogP contribution >= 0.6 is 0 Å². The first-order valence-electron chi connectivity index (χ1n) is 5.58. The molecule has 0 aromatic heterocycles. The molecule has 0 aliphatic heterocycles. The number of hydrogen-bond acceptors (Lipinski definition) is 3. The van der Waals surface area contributed by atoms with Gasteiger partial charge in [-0.25, -0.2) is 5.48 Å². The van der Waals surface area contributed by atoms with Gasteiger partial charge in [-0.2, -0.15) is 13.2 Å². The molecule has 19 heavy (non-hydrogen) atoms. The van der Waals surface area contributed by atoms with Crippen molar-refractivity contribution in [1.82, 2.24) is 5.48 Å². The molecule has 1 N–H and O–H groups in total. The lowest BCUT2D eigenvalue weighted by molar-refractivity contribution is -0.176. The third-order valence-electron chi connectivity index (χ3n) is 2.06. The highest BCUT2D eigenvalue weighted by Gasteiger charge is 2.27. The van der Waals surface area contributed by atoms with E-state index >= 15 is 0 Å². The van der Waals surface area contributed by atoms with Crippen LogP contribution in [0.15, 0.2) is 24.3 Å². The summed E-state index contributed by atoms with van der Waals surface area (Å²) in [4.78, 5) is 16.2. The molecule has 0 spiro atoms. The molecule has 0 saturated carbocycles. The normalized spacial score (nSPS) is 11.4. The number of nitrogens with one attached hydrogen (secondary N) is 1.